The quantitative estimate of drug-likeness (QED) is 0.417. The van der Waals surface area contributed by atoms with Crippen molar-refractivity contribution < 1.29 is 25.0 Å². The lowest BCUT2D eigenvalue weighted by molar-refractivity contribution is -0.384. The molecule has 0 fully saturated rings. The maximum absolute atomic E-state index is 10.9. The second-order valence-corrected chi connectivity index (χ2v) is 3.51. The smallest absolute Gasteiger partial charge is 0.338 e. The first-order valence-corrected chi connectivity index (χ1v) is 5.00. The van der Waals surface area contributed by atoms with Crippen LogP contribution in [0.5, 0.6) is 0 Å². The van der Waals surface area contributed by atoms with Crippen molar-refractivity contribution in [2.45, 2.75) is 6.10 Å². The minimum absolute atomic E-state index is 0.0609. The van der Waals surface area contributed by atoms with Crippen LogP contribution in [0.3, 0.4) is 0 Å². The Labute approximate surface area is 102 Å². The summed E-state index contributed by atoms with van der Waals surface area (Å²) in [4.78, 5) is 20.8. The summed E-state index contributed by atoms with van der Waals surface area (Å²) in [5.74, 6) is -1.32. The molecule has 0 aliphatic rings. The third-order valence-electron chi connectivity index (χ3n) is 2.18. The molecule has 0 aliphatic carbocycles. The molecule has 0 aliphatic heterocycles. The molecule has 4 N–H and O–H groups in total. The maximum atomic E-state index is 10.9. The first-order chi connectivity index (χ1) is 8.45. The standard InChI is InChI=1S/C10H12N2O6/c13-5-7(14)4-11-9-2-1-6(12(17)18)3-8(9)10(15)16/h1-3,7,11,13-14H,4-5H2,(H,15,16). The Kier molecular flexibility index (Phi) is 4.58. The zero-order chi connectivity index (χ0) is 13.7. The predicted molar refractivity (Wildman–Crippen MR) is 61.6 cm³/mol. The van der Waals surface area contributed by atoms with E-state index < -0.39 is 23.6 Å². The third kappa shape index (κ3) is 3.40. The molecule has 0 bridgehead atoms. The van der Waals surface area contributed by atoms with Crippen molar-refractivity contribution in [1.29, 1.82) is 0 Å². The molecule has 98 valence electrons. The number of rotatable bonds is 6. The molecule has 0 amide bonds. The number of aliphatic hydroxyl groups excluding tert-OH is 2. The van der Waals surface area contributed by atoms with Crippen LogP contribution in [-0.4, -0.2) is 45.5 Å². The molecule has 0 radical (unpaired) electrons. The molecule has 1 aromatic carbocycles. The van der Waals surface area contributed by atoms with Crippen molar-refractivity contribution in [2.75, 3.05) is 18.5 Å². The van der Waals surface area contributed by atoms with Crippen LogP contribution in [0.2, 0.25) is 0 Å². The van der Waals surface area contributed by atoms with Gasteiger partial charge in [0.25, 0.3) is 5.69 Å². The second kappa shape index (κ2) is 5.94. The summed E-state index contributed by atoms with van der Waals surface area (Å²) in [6, 6.07) is 3.32. The number of carboxylic acids is 1. The summed E-state index contributed by atoms with van der Waals surface area (Å²) in [5.41, 5.74) is -0.462. The second-order valence-electron chi connectivity index (χ2n) is 3.51. The molecule has 0 aromatic heterocycles. The molecule has 0 spiro atoms. The first-order valence-electron chi connectivity index (χ1n) is 5.00. The van der Waals surface area contributed by atoms with Crippen molar-refractivity contribution in [2.24, 2.45) is 0 Å². The molecule has 8 nitrogen and oxygen atoms in total. The number of aliphatic hydroxyl groups is 2. The van der Waals surface area contributed by atoms with Gasteiger partial charge in [0.1, 0.15) is 0 Å². The van der Waals surface area contributed by atoms with E-state index in [1.807, 2.05) is 0 Å². The van der Waals surface area contributed by atoms with Gasteiger partial charge < -0.3 is 20.6 Å². The molecule has 0 saturated heterocycles. The van der Waals surface area contributed by atoms with Gasteiger partial charge >= 0.3 is 5.97 Å². The van der Waals surface area contributed by atoms with Crippen LogP contribution in [0.15, 0.2) is 18.2 Å². The van der Waals surface area contributed by atoms with Crippen LogP contribution in [0, 0.1) is 10.1 Å². The van der Waals surface area contributed by atoms with Crippen LogP contribution in [0.1, 0.15) is 10.4 Å². The number of hydrogen-bond donors (Lipinski definition) is 4. The first kappa shape index (κ1) is 13.9. The summed E-state index contributed by atoms with van der Waals surface area (Å²) >= 11 is 0. The van der Waals surface area contributed by atoms with Crippen LogP contribution in [0.25, 0.3) is 0 Å². The number of nitrogens with one attached hydrogen (secondary N) is 1. The fraction of sp³-hybridized carbons (Fsp3) is 0.300. The van der Waals surface area contributed by atoms with E-state index in [0.29, 0.717) is 0 Å². The van der Waals surface area contributed by atoms with Gasteiger partial charge in [0.15, 0.2) is 0 Å². The van der Waals surface area contributed by atoms with E-state index in [-0.39, 0.29) is 23.5 Å². The van der Waals surface area contributed by atoms with E-state index in [0.717, 1.165) is 12.1 Å². The predicted octanol–water partition coefficient (Wildman–Crippen LogP) is 0.0581. The lowest BCUT2D eigenvalue weighted by atomic mass is 10.1. The molecule has 0 saturated carbocycles. The summed E-state index contributed by atoms with van der Waals surface area (Å²) in [5, 5.41) is 39.8. The highest BCUT2D eigenvalue weighted by molar-refractivity contribution is 5.95. The van der Waals surface area contributed by atoms with Crippen LogP contribution < -0.4 is 5.32 Å². The molecule has 18 heavy (non-hydrogen) atoms. The van der Waals surface area contributed by atoms with Crippen molar-refractivity contribution in [3.8, 4) is 0 Å². The minimum Gasteiger partial charge on any atom is -0.478 e. The summed E-state index contributed by atoms with van der Waals surface area (Å²) in [6.07, 6.45) is -1.04. The normalized spacial score (nSPS) is 11.9. The molecule has 1 unspecified atom stereocenters. The average Bonchev–Trinajstić information content (AvgIpc) is 2.35. The topological polar surface area (TPSA) is 133 Å². The number of non-ortho nitro benzene ring substituents is 1. The van der Waals surface area contributed by atoms with Crippen molar-refractivity contribution in [1.82, 2.24) is 0 Å². The van der Waals surface area contributed by atoms with Gasteiger partial charge in [-0.1, -0.05) is 0 Å². The zero-order valence-corrected chi connectivity index (χ0v) is 9.24. The molecular weight excluding hydrogens is 244 g/mol. The fourth-order valence-electron chi connectivity index (χ4n) is 1.27. The van der Waals surface area contributed by atoms with Gasteiger partial charge in [-0.25, -0.2) is 4.79 Å². The van der Waals surface area contributed by atoms with E-state index in [2.05, 4.69) is 5.32 Å². The van der Waals surface area contributed by atoms with E-state index in [1.165, 1.54) is 6.07 Å². The average molecular weight is 256 g/mol. The Morgan fingerprint density at radius 1 is 1.50 bits per heavy atom. The Bertz CT molecular complexity index is 462. The maximum Gasteiger partial charge on any atom is 0.338 e. The molecule has 1 atom stereocenters. The monoisotopic (exact) mass is 256 g/mol. The summed E-state index contributed by atoms with van der Waals surface area (Å²) < 4.78 is 0. The number of nitro benzene ring substituents is 1. The van der Waals surface area contributed by atoms with Crippen molar-refractivity contribution in [3.63, 3.8) is 0 Å². The number of anilines is 1. The largest absolute Gasteiger partial charge is 0.478 e. The Morgan fingerprint density at radius 2 is 2.17 bits per heavy atom. The van der Waals surface area contributed by atoms with Gasteiger partial charge in [0.2, 0.25) is 0 Å². The van der Waals surface area contributed by atoms with Gasteiger partial charge in [0.05, 0.1) is 23.2 Å². The van der Waals surface area contributed by atoms with Crippen LogP contribution >= 0.6 is 0 Å². The lowest BCUT2D eigenvalue weighted by Crippen LogP contribution is -2.23. The number of benzene rings is 1. The van der Waals surface area contributed by atoms with E-state index in [1.54, 1.807) is 0 Å². The van der Waals surface area contributed by atoms with Crippen LogP contribution in [0.4, 0.5) is 11.4 Å². The molecule has 1 rings (SSSR count). The highest BCUT2D eigenvalue weighted by Crippen LogP contribution is 2.22. The Balaban J connectivity index is 2.97. The van der Waals surface area contributed by atoms with Gasteiger partial charge in [0, 0.05) is 24.4 Å². The number of hydrogen-bond acceptors (Lipinski definition) is 6. The minimum atomic E-state index is -1.32. The number of nitrogens with zero attached hydrogens (tertiary/aromatic N) is 1. The van der Waals surface area contributed by atoms with E-state index in [4.69, 9.17) is 15.3 Å². The highest BCUT2D eigenvalue weighted by Gasteiger charge is 2.16. The Hall–Kier alpha value is -2.19. The number of nitro groups is 1. The van der Waals surface area contributed by atoms with E-state index in [9.17, 15) is 14.9 Å². The van der Waals surface area contributed by atoms with Gasteiger partial charge in [-0.05, 0) is 6.07 Å². The molecule has 1 aromatic rings. The lowest BCUT2D eigenvalue weighted by Gasteiger charge is -2.12. The van der Waals surface area contributed by atoms with Gasteiger partial charge in [-0.3, -0.25) is 10.1 Å². The highest BCUT2D eigenvalue weighted by atomic mass is 16.6. The van der Waals surface area contributed by atoms with E-state index >= 15 is 0 Å². The number of carbonyl (C=O) groups is 1. The van der Waals surface area contributed by atoms with Crippen LogP contribution in [-0.2, 0) is 0 Å². The fourth-order valence-corrected chi connectivity index (χ4v) is 1.27. The number of carboxylic acid groups (broad SMARTS) is 1. The summed E-state index contributed by atoms with van der Waals surface area (Å²) in [6.45, 7) is -0.531. The third-order valence-corrected chi connectivity index (χ3v) is 2.18. The Morgan fingerprint density at radius 3 is 2.67 bits per heavy atom. The molecule has 0 heterocycles. The van der Waals surface area contributed by atoms with Crippen molar-refractivity contribution in [3.05, 3.63) is 33.9 Å². The zero-order valence-electron chi connectivity index (χ0n) is 9.24. The number of aromatic carboxylic acids is 1. The SMILES string of the molecule is O=C(O)c1cc([N+](=O)[O-])ccc1NCC(O)CO. The van der Waals surface area contributed by atoms with Gasteiger partial charge in [-0.2, -0.15) is 0 Å². The van der Waals surface area contributed by atoms with Crippen molar-refractivity contribution >= 4 is 17.3 Å². The molecular formula is C10H12N2O6. The van der Waals surface area contributed by atoms with Gasteiger partial charge in [-0.15, -0.1) is 0 Å². The molecule has 8 heteroatoms. The summed E-state index contributed by atoms with van der Waals surface area (Å²) in [7, 11) is 0.